The number of hydrogen-bond donors (Lipinski definition) is 0. The maximum absolute atomic E-state index is 5.00. The lowest BCUT2D eigenvalue weighted by molar-refractivity contribution is 0.190. The Hall–Kier alpha value is -0.0800. The molecule has 0 saturated heterocycles. The SMILES string of the molecule is CC.CCCCN(C)CCCCCOC. The first-order valence-electron chi connectivity index (χ1n) is 6.48. The van der Waals surface area contributed by atoms with Gasteiger partial charge in [0.2, 0.25) is 0 Å². The molecule has 0 spiro atoms. The van der Waals surface area contributed by atoms with Crippen molar-refractivity contribution in [3.05, 3.63) is 0 Å². The van der Waals surface area contributed by atoms with Crippen molar-refractivity contribution in [2.24, 2.45) is 0 Å². The van der Waals surface area contributed by atoms with E-state index in [1.165, 1.54) is 45.2 Å². The summed E-state index contributed by atoms with van der Waals surface area (Å²) in [6, 6.07) is 0. The minimum atomic E-state index is 0.915. The Kier molecular flexibility index (Phi) is 18.9. The Morgan fingerprint density at radius 3 is 2.07 bits per heavy atom. The summed E-state index contributed by atoms with van der Waals surface area (Å²) in [5.74, 6) is 0. The first-order valence-corrected chi connectivity index (χ1v) is 6.48. The zero-order valence-electron chi connectivity index (χ0n) is 11.5. The van der Waals surface area contributed by atoms with Crippen LogP contribution in [-0.4, -0.2) is 38.8 Å². The van der Waals surface area contributed by atoms with Crippen LogP contribution in [0, 0.1) is 0 Å². The smallest absolute Gasteiger partial charge is 0.0462 e. The number of unbranched alkanes of at least 4 members (excludes halogenated alkanes) is 3. The Morgan fingerprint density at radius 2 is 1.53 bits per heavy atom. The number of methoxy groups -OCH3 is 1. The van der Waals surface area contributed by atoms with E-state index in [0.29, 0.717) is 0 Å². The molecule has 0 N–H and O–H groups in total. The highest BCUT2D eigenvalue weighted by Gasteiger charge is 1.96. The van der Waals surface area contributed by atoms with E-state index in [1.807, 2.05) is 13.8 Å². The fraction of sp³-hybridized carbons (Fsp3) is 1.00. The Balaban J connectivity index is 0. The molecule has 2 nitrogen and oxygen atoms in total. The van der Waals surface area contributed by atoms with Gasteiger partial charge in [-0.1, -0.05) is 27.2 Å². The monoisotopic (exact) mass is 217 g/mol. The molecule has 0 fully saturated rings. The van der Waals surface area contributed by atoms with Gasteiger partial charge in [-0.2, -0.15) is 0 Å². The predicted octanol–water partition coefficient (Wildman–Crippen LogP) is 3.56. The second-order valence-corrected chi connectivity index (χ2v) is 3.71. The van der Waals surface area contributed by atoms with Crippen molar-refractivity contribution in [3.63, 3.8) is 0 Å². The van der Waals surface area contributed by atoms with E-state index in [0.717, 1.165) is 6.61 Å². The van der Waals surface area contributed by atoms with Gasteiger partial charge in [-0.15, -0.1) is 0 Å². The minimum Gasteiger partial charge on any atom is -0.385 e. The molecule has 0 rings (SSSR count). The molecule has 0 bridgehead atoms. The summed E-state index contributed by atoms with van der Waals surface area (Å²) < 4.78 is 5.00. The Labute approximate surface area is 97.0 Å². The van der Waals surface area contributed by atoms with Crippen LogP contribution in [0.2, 0.25) is 0 Å². The van der Waals surface area contributed by atoms with E-state index in [4.69, 9.17) is 4.74 Å². The van der Waals surface area contributed by atoms with Crippen LogP contribution in [0.4, 0.5) is 0 Å². The Bertz CT molecular complexity index is 96.5. The van der Waals surface area contributed by atoms with Gasteiger partial charge in [0.25, 0.3) is 0 Å². The quantitative estimate of drug-likeness (QED) is 0.548. The average Bonchev–Trinajstić information content (AvgIpc) is 2.29. The van der Waals surface area contributed by atoms with Crippen LogP contribution in [0.25, 0.3) is 0 Å². The van der Waals surface area contributed by atoms with Gasteiger partial charge < -0.3 is 9.64 Å². The third-order valence-electron chi connectivity index (χ3n) is 2.28. The highest BCUT2D eigenvalue weighted by molar-refractivity contribution is 4.51. The molecule has 0 heterocycles. The molecular formula is C13H31NO. The molecule has 0 amide bonds. The first-order chi connectivity index (χ1) is 7.31. The second-order valence-electron chi connectivity index (χ2n) is 3.71. The maximum Gasteiger partial charge on any atom is 0.0462 e. The number of rotatable bonds is 9. The third kappa shape index (κ3) is 16.6. The summed E-state index contributed by atoms with van der Waals surface area (Å²) in [6.45, 7) is 9.65. The molecule has 0 aromatic rings. The molecule has 0 unspecified atom stereocenters. The van der Waals surface area contributed by atoms with Crippen LogP contribution in [0.3, 0.4) is 0 Å². The van der Waals surface area contributed by atoms with Gasteiger partial charge in [0.05, 0.1) is 0 Å². The van der Waals surface area contributed by atoms with Crippen molar-refractivity contribution >= 4 is 0 Å². The third-order valence-corrected chi connectivity index (χ3v) is 2.28. The topological polar surface area (TPSA) is 12.5 Å². The van der Waals surface area contributed by atoms with E-state index in [1.54, 1.807) is 7.11 Å². The zero-order valence-corrected chi connectivity index (χ0v) is 11.5. The molecule has 0 radical (unpaired) electrons. The van der Waals surface area contributed by atoms with E-state index in [2.05, 4.69) is 18.9 Å². The van der Waals surface area contributed by atoms with Crippen LogP contribution in [0.1, 0.15) is 52.9 Å². The van der Waals surface area contributed by atoms with Crippen molar-refractivity contribution in [3.8, 4) is 0 Å². The van der Waals surface area contributed by atoms with Crippen LogP contribution < -0.4 is 0 Å². The fourth-order valence-electron chi connectivity index (χ4n) is 1.34. The summed E-state index contributed by atoms with van der Waals surface area (Å²) in [6.07, 6.45) is 6.44. The lowest BCUT2D eigenvalue weighted by atomic mass is 10.2. The van der Waals surface area contributed by atoms with E-state index >= 15 is 0 Å². The van der Waals surface area contributed by atoms with Crippen molar-refractivity contribution < 1.29 is 4.74 Å². The highest BCUT2D eigenvalue weighted by Crippen LogP contribution is 1.99. The number of nitrogens with zero attached hydrogens (tertiary/aromatic N) is 1. The van der Waals surface area contributed by atoms with Gasteiger partial charge in [0.15, 0.2) is 0 Å². The second kappa shape index (κ2) is 16.4. The minimum absolute atomic E-state index is 0.915. The molecule has 0 atom stereocenters. The molecule has 2 heteroatoms. The summed E-state index contributed by atoms with van der Waals surface area (Å²) in [7, 11) is 3.99. The highest BCUT2D eigenvalue weighted by atomic mass is 16.5. The van der Waals surface area contributed by atoms with Crippen molar-refractivity contribution in [1.29, 1.82) is 0 Å². The summed E-state index contributed by atoms with van der Waals surface area (Å²) >= 11 is 0. The number of ether oxygens (including phenoxy) is 1. The lowest BCUT2D eigenvalue weighted by Crippen LogP contribution is -2.20. The molecule has 0 aliphatic carbocycles. The molecular weight excluding hydrogens is 186 g/mol. The zero-order chi connectivity index (χ0) is 11.9. The van der Waals surface area contributed by atoms with Gasteiger partial charge in [0, 0.05) is 13.7 Å². The molecule has 0 aliphatic rings. The van der Waals surface area contributed by atoms with Gasteiger partial charge in [0.1, 0.15) is 0 Å². The summed E-state index contributed by atoms with van der Waals surface area (Å²) in [5.41, 5.74) is 0. The Morgan fingerprint density at radius 1 is 0.933 bits per heavy atom. The molecule has 0 aliphatic heterocycles. The number of hydrogen-bond acceptors (Lipinski definition) is 2. The normalized spacial score (nSPS) is 10.0. The van der Waals surface area contributed by atoms with Crippen LogP contribution in [-0.2, 0) is 4.74 Å². The fourth-order valence-corrected chi connectivity index (χ4v) is 1.34. The van der Waals surface area contributed by atoms with Crippen LogP contribution in [0.5, 0.6) is 0 Å². The van der Waals surface area contributed by atoms with Gasteiger partial charge >= 0.3 is 0 Å². The average molecular weight is 217 g/mol. The van der Waals surface area contributed by atoms with Crippen molar-refractivity contribution in [2.75, 3.05) is 33.9 Å². The summed E-state index contributed by atoms with van der Waals surface area (Å²) in [4.78, 5) is 2.43. The largest absolute Gasteiger partial charge is 0.385 e. The molecule has 94 valence electrons. The lowest BCUT2D eigenvalue weighted by Gasteiger charge is -2.15. The van der Waals surface area contributed by atoms with Crippen LogP contribution >= 0.6 is 0 Å². The summed E-state index contributed by atoms with van der Waals surface area (Å²) in [5, 5.41) is 0. The van der Waals surface area contributed by atoms with E-state index < -0.39 is 0 Å². The molecule has 0 aromatic carbocycles. The van der Waals surface area contributed by atoms with Gasteiger partial charge in [-0.25, -0.2) is 0 Å². The molecule has 0 saturated carbocycles. The van der Waals surface area contributed by atoms with E-state index in [-0.39, 0.29) is 0 Å². The maximum atomic E-state index is 5.00. The predicted molar refractivity (Wildman–Crippen MR) is 69.5 cm³/mol. The van der Waals surface area contributed by atoms with Crippen molar-refractivity contribution in [1.82, 2.24) is 4.90 Å². The van der Waals surface area contributed by atoms with Crippen LogP contribution in [0.15, 0.2) is 0 Å². The first kappa shape index (κ1) is 17.3. The van der Waals surface area contributed by atoms with E-state index in [9.17, 15) is 0 Å². The molecule has 15 heavy (non-hydrogen) atoms. The van der Waals surface area contributed by atoms with Gasteiger partial charge in [-0.05, 0) is 45.8 Å². The van der Waals surface area contributed by atoms with Gasteiger partial charge in [-0.3, -0.25) is 0 Å². The molecule has 0 aromatic heterocycles. The standard InChI is InChI=1S/C11H25NO.C2H6/c1-4-5-9-12(2)10-7-6-8-11-13-3;1-2/h4-11H2,1-3H3;1-2H3. The van der Waals surface area contributed by atoms with Crippen molar-refractivity contribution in [2.45, 2.75) is 52.9 Å².